The highest BCUT2D eigenvalue weighted by molar-refractivity contribution is 8.00. The molecule has 0 aliphatic heterocycles. The summed E-state index contributed by atoms with van der Waals surface area (Å²) in [4.78, 5) is 13.2. The lowest BCUT2D eigenvalue weighted by molar-refractivity contribution is -0.121. The van der Waals surface area contributed by atoms with Crippen LogP contribution in [-0.4, -0.2) is 17.2 Å². The fraction of sp³-hybridized carbons (Fsp3) is 0.588. The second-order valence-electron chi connectivity index (χ2n) is 6.10. The largest absolute Gasteiger partial charge is 0.352 e. The van der Waals surface area contributed by atoms with Gasteiger partial charge < -0.3 is 5.32 Å². The highest BCUT2D eigenvalue weighted by atomic mass is 32.2. The van der Waals surface area contributed by atoms with Crippen molar-refractivity contribution in [3.05, 3.63) is 30.1 Å². The Kier molecular flexibility index (Phi) is 5.68. The molecule has 1 aliphatic rings. The highest BCUT2D eigenvalue weighted by Crippen LogP contribution is 2.30. The van der Waals surface area contributed by atoms with Gasteiger partial charge in [-0.3, -0.25) is 4.79 Å². The molecule has 1 N–H and O–H groups in total. The van der Waals surface area contributed by atoms with Gasteiger partial charge in [0.1, 0.15) is 5.82 Å². The van der Waals surface area contributed by atoms with Crippen molar-refractivity contribution >= 4 is 17.7 Å². The summed E-state index contributed by atoms with van der Waals surface area (Å²) in [6.07, 6.45) is 3.52. The molecular formula is C17H24FNOS. The minimum Gasteiger partial charge on any atom is -0.352 e. The standard InChI is InChI=1S/C17H24FNOS/c1-11-5-4-6-16(12(11)2)19-17(20)13(3)21-15-9-7-14(18)8-10-15/h7-13,16H,4-6H2,1-3H3,(H,19,20)/t11-,12+,13+,16+/m0/s1. The third-order valence-corrected chi connectivity index (χ3v) is 5.64. The van der Waals surface area contributed by atoms with Crippen LogP contribution in [0.1, 0.15) is 40.0 Å². The van der Waals surface area contributed by atoms with Crippen molar-refractivity contribution in [2.45, 2.75) is 56.2 Å². The zero-order valence-electron chi connectivity index (χ0n) is 12.9. The fourth-order valence-electron chi connectivity index (χ4n) is 2.86. The van der Waals surface area contributed by atoms with Crippen molar-refractivity contribution in [1.29, 1.82) is 0 Å². The maximum Gasteiger partial charge on any atom is 0.233 e. The van der Waals surface area contributed by atoms with E-state index in [2.05, 4.69) is 19.2 Å². The summed E-state index contributed by atoms with van der Waals surface area (Å²) < 4.78 is 12.9. The van der Waals surface area contributed by atoms with Crippen LogP contribution in [-0.2, 0) is 4.79 Å². The van der Waals surface area contributed by atoms with Crippen LogP contribution < -0.4 is 5.32 Å². The molecule has 4 atom stereocenters. The quantitative estimate of drug-likeness (QED) is 0.843. The van der Waals surface area contributed by atoms with E-state index in [0.29, 0.717) is 11.8 Å². The van der Waals surface area contributed by atoms with Crippen molar-refractivity contribution in [2.24, 2.45) is 11.8 Å². The van der Waals surface area contributed by atoms with Crippen molar-refractivity contribution in [3.63, 3.8) is 0 Å². The van der Waals surface area contributed by atoms with E-state index in [0.717, 1.165) is 11.3 Å². The van der Waals surface area contributed by atoms with Crippen LogP contribution in [0.15, 0.2) is 29.2 Å². The number of nitrogens with one attached hydrogen (secondary N) is 1. The van der Waals surface area contributed by atoms with Gasteiger partial charge in [0.05, 0.1) is 5.25 Å². The smallest absolute Gasteiger partial charge is 0.233 e. The first kappa shape index (κ1) is 16.3. The first-order valence-electron chi connectivity index (χ1n) is 7.70. The summed E-state index contributed by atoms with van der Waals surface area (Å²) in [5.74, 6) is 1.03. The van der Waals surface area contributed by atoms with Crippen molar-refractivity contribution < 1.29 is 9.18 Å². The van der Waals surface area contributed by atoms with E-state index >= 15 is 0 Å². The van der Waals surface area contributed by atoms with E-state index in [9.17, 15) is 9.18 Å². The molecule has 1 saturated carbocycles. The fourth-order valence-corrected chi connectivity index (χ4v) is 3.73. The number of benzene rings is 1. The molecule has 0 saturated heterocycles. The Morgan fingerprint density at radius 2 is 1.95 bits per heavy atom. The van der Waals surface area contributed by atoms with Crippen molar-refractivity contribution in [1.82, 2.24) is 5.32 Å². The molecule has 116 valence electrons. The van der Waals surface area contributed by atoms with Gasteiger partial charge in [0.15, 0.2) is 0 Å². The normalized spacial score (nSPS) is 27.1. The van der Waals surface area contributed by atoms with Gasteiger partial charge in [0.2, 0.25) is 5.91 Å². The van der Waals surface area contributed by atoms with Crippen LogP contribution in [0.25, 0.3) is 0 Å². The topological polar surface area (TPSA) is 29.1 Å². The average molecular weight is 309 g/mol. The zero-order chi connectivity index (χ0) is 15.4. The zero-order valence-corrected chi connectivity index (χ0v) is 13.8. The molecule has 0 radical (unpaired) electrons. The van der Waals surface area contributed by atoms with E-state index in [1.54, 1.807) is 12.1 Å². The number of hydrogen-bond donors (Lipinski definition) is 1. The van der Waals surface area contributed by atoms with Gasteiger partial charge in [-0.15, -0.1) is 11.8 Å². The molecule has 4 heteroatoms. The molecule has 2 rings (SSSR count). The summed E-state index contributed by atoms with van der Waals surface area (Å²) in [5.41, 5.74) is 0. The number of thioether (sulfide) groups is 1. The Labute approximate surface area is 130 Å². The molecule has 0 aromatic heterocycles. The molecule has 1 aromatic carbocycles. The number of carbonyl (C=O) groups excluding carboxylic acids is 1. The molecule has 2 nitrogen and oxygen atoms in total. The highest BCUT2D eigenvalue weighted by Gasteiger charge is 2.29. The molecule has 0 unspecified atom stereocenters. The summed E-state index contributed by atoms with van der Waals surface area (Å²) in [6, 6.07) is 6.58. The summed E-state index contributed by atoms with van der Waals surface area (Å²) in [6.45, 7) is 6.40. The van der Waals surface area contributed by atoms with Crippen LogP contribution in [0.2, 0.25) is 0 Å². The average Bonchev–Trinajstić information content (AvgIpc) is 2.46. The Balaban J connectivity index is 1.88. The van der Waals surface area contributed by atoms with E-state index < -0.39 is 0 Å². The molecule has 0 bridgehead atoms. The predicted octanol–water partition coefficient (Wildman–Crippen LogP) is 4.25. The minimum atomic E-state index is -0.249. The summed E-state index contributed by atoms with van der Waals surface area (Å²) in [5, 5.41) is 3.03. The van der Waals surface area contributed by atoms with Crippen LogP contribution >= 0.6 is 11.8 Å². The first-order chi connectivity index (χ1) is 9.97. The SMILES string of the molecule is C[C@@H]1[C@@H](C)CCC[C@H]1NC(=O)[C@@H](C)Sc1ccc(F)cc1. The van der Waals surface area contributed by atoms with Crippen LogP contribution in [0.3, 0.4) is 0 Å². The Morgan fingerprint density at radius 1 is 1.29 bits per heavy atom. The van der Waals surface area contributed by atoms with E-state index in [1.165, 1.54) is 36.7 Å². The molecule has 0 spiro atoms. The van der Waals surface area contributed by atoms with Gasteiger partial charge in [0, 0.05) is 10.9 Å². The lowest BCUT2D eigenvalue weighted by atomic mass is 9.78. The van der Waals surface area contributed by atoms with Crippen LogP contribution in [0.5, 0.6) is 0 Å². The van der Waals surface area contributed by atoms with Gasteiger partial charge in [-0.2, -0.15) is 0 Å². The van der Waals surface area contributed by atoms with Crippen LogP contribution in [0.4, 0.5) is 4.39 Å². The number of hydrogen-bond acceptors (Lipinski definition) is 2. The lowest BCUT2D eigenvalue weighted by Crippen LogP contribution is -2.46. The number of halogens is 1. The molecule has 21 heavy (non-hydrogen) atoms. The molecule has 0 heterocycles. The Morgan fingerprint density at radius 3 is 2.62 bits per heavy atom. The molecular weight excluding hydrogens is 285 g/mol. The van der Waals surface area contributed by atoms with E-state index in [4.69, 9.17) is 0 Å². The van der Waals surface area contributed by atoms with E-state index in [-0.39, 0.29) is 23.0 Å². The molecule has 1 amide bonds. The van der Waals surface area contributed by atoms with Crippen molar-refractivity contribution in [3.8, 4) is 0 Å². The Hall–Kier alpha value is -1.03. The first-order valence-corrected chi connectivity index (χ1v) is 8.58. The van der Waals surface area contributed by atoms with E-state index in [1.807, 2.05) is 6.92 Å². The summed E-state index contributed by atoms with van der Waals surface area (Å²) >= 11 is 1.47. The van der Waals surface area contributed by atoms with Gasteiger partial charge in [-0.25, -0.2) is 4.39 Å². The van der Waals surface area contributed by atoms with Gasteiger partial charge in [-0.1, -0.05) is 26.7 Å². The number of rotatable bonds is 4. The molecule has 1 fully saturated rings. The maximum absolute atomic E-state index is 12.9. The van der Waals surface area contributed by atoms with Gasteiger partial charge in [0.25, 0.3) is 0 Å². The third kappa shape index (κ3) is 4.47. The maximum atomic E-state index is 12.9. The monoisotopic (exact) mass is 309 g/mol. The third-order valence-electron chi connectivity index (χ3n) is 4.53. The van der Waals surface area contributed by atoms with Gasteiger partial charge >= 0.3 is 0 Å². The van der Waals surface area contributed by atoms with Crippen LogP contribution in [0, 0.1) is 17.7 Å². The number of carbonyl (C=O) groups is 1. The van der Waals surface area contributed by atoms with Crippen molar-refractivity contribution in [2.75, 3.05) is 0 Å². The molecule has 1 aromatic rings. The minimum absolute atomic E-state index is 0.0790. The second kappa shape index (κ2) is 7.30. The van der Waals surface area contributed by atoms with Gasteiger partial charge in [-0.05, 0) is 49.4 Å². The Bertz CT molecular complexity index is 476. The predicted molar refractivity (Wildman–Crippen MR) is 85.8 cm³/mol. The molecule has 1 aliphatic carbocycles. The number of amides is 1. The second-order valence-corrected chi connectivity index (χ2v) is 7.51. The lowest BCUT2D eigenvalue weighted by Gasteiger charge is -2.35. The summed E-state index contributed by atoms with van der Waals surface area (Å²) in [7, 11) is 0.